The molecule has 0 fully saturated rings. The van der Waals surface area contributed by atoms with Crippen LogP contribution in [0.15, 0.2) is 12.3 Å². The van der Waals surface area contributed by atoms with Crippen LogP contribution in [0.25, 0.3) is 0 Å². The fourth-order valence-electron chi connectivity index (χ4n) is 1.21. The summed E-state index contributed by atoms with van der Waals surface area (Å²) in [4.78, 5) is 24.0. The van der Waals surface area contributed by atoms with Gasteiger partial charge in [-0.25, -0.2) is 0 Å². The van der Waals surface area contributed by atoms with Gasteiger partial charge in [-0.2, -0.15) is 0 Å². The van der Waals surface area contributed by atoms with Gasteiger partial charge in [0.1, 0.15) is 0 Å². The Morgan fingerprint density at radius 1 is 1.12 bits per heavy atom. The minimum absolute atomic E-state index is 0.259. The molecular formula is C9H12O7P-3. The average Bonchev–Trinajstić information content (AvgIpc) is 2.24. The largest absolute Gasteiger partial charge is 0.664 e. The molecule has 0 aliphatic rings. The van der Waals surface area contributed by atoms with Crippen LogP contribution in [0.4, 0.5) is 0 Å². The van der Waals surface area contributed by atoms with E-state index in [0.29, 0.717) is 0 Å². The molecule has 0 saturated heterocycles. The van der Waals surface area contributed by atoms with Crippen LogP contribution in [-0.2, 0) is 19.0 Å². The lowest BCUT2D eigenvalue weighted by Gasteiger charge is -2.21. The van der Waals surface area contributed by atoms with Crippen molar-refractivity contribution >= 4 is 19.1 Å². The normalized spacial score (nSPS) is 10.9. The molecule has 0 aromatic rings. The SMILES string of the molecule is C=C(CP(=O)(CCC(=O)[O-])CCC(=O)[O-])O[O-]. The van der Waals surface area contributed by atoms with Gasteiger partial charge < -0.3 is 34.5 Å². The molecule has 0 unspecified atom stereocenters. The summed E-state index contributed by atoms with van der Waals surface area (Å²) < 4.78 is 12.1. The maximum absolute atomic E-state index is 12.1. The van der Waals surface area contributed by atoms with Gasteiger partial charge in [0, 0.05) is 24.3 Å². The van der Waals surface area contributed by atoms with Crippen LogP contribution in [0.5, 0.6) is 0 Å². The summed E-state index contributed by atoms with van der Waals surface area (Å²) in [5.74, 6) is -3.11. The average molecular weight is 263 g/mol. The first-order valence-corrected chi connectivity index (χ1v) is 7.00. The first-order valence-electron chi connectivity index (χ1n) is 4.73. The van der Waals surface area contributed by atoms with E-state index in [1.54, 1.807) is 0 Å². The predicted octanol–water partition coefficient (Wildman–Crippen LogP) is -2.56. The third kappa shape index (κ3) is 7.54. The number of aliphatic carboxylic acids is 2. The molecule has 8 heteroatoms. The third-order valence-electron chi connectivity index (χ3n) is 2.03. The highest BCUT2D eigenvalue weighted by Gasteiger charge is 2.23. The summed E-state index contributed by atoms with van der Waals surface area (Å²) in [6, 6.07) is 0. The number of rotatable bonds is 9. The summed E-state index contributed by atoms with van der Waals surface area (Å²) in [7, 11) is -3.17. The van der Waals surface area contributed by atoms with Gasteiger partial charge in [-0.15, -0.1) is 0 Å². The summed E-state index contributed by atoms with van der Waals surface area (Å²) in [6.45, 7) is 3.18. The number of hydrogen-bond donors (Lipinski definition) is 0. The van der Waals surface area contributed by atoms with Gasteiger partial charge in [0.15, 0.2) is 0 Å². The zero-order chi connectivity index (χ0) is 13.5. The molecule has 0 heterocycles. The lowest BCUT2D eigenvalue weighted by molar-refractivity contribution is -0.671. The fourth-order valence-corrected chi connectivity index (χ4v) is 3.62. The molecule has 0 rings (SSSR count). The van der Waals surface area contributed by atoms with Gasteiger partial charge in [-0.1, -0.05) is 6.58 Å². The maximum atomic E-state index is 12.1. The minimum Gasteiger partial charge on any atom is -0.664 e. The molecule has 0 amide bonds. The summed E-state index contributed by atoms with van der Waals surface area (Å²) >= 11 is 0. The third-order valence-corrected chi connectivity index (χ3v) is 5.04. The van der Waals surface area contributed by atoms with E-state index in [4.69, 9.17) is 0 Å². The van der Waals surface area contributed by atoms with Gasteiger partial charge in [0.25, 0.3) is 0 Å². The molecule has 0 aromatic heterocycles. The molecule has 7 nitrogen and oxygen atoms in total. The Morgan fingerprint density at radius 2 is 1.53 bits per heavy atom. The standard InChI is InChI=1S/C9H15O7P/c1-7(16-14)6-17(15,4-2-8(10)11)5-3-9(12)13/h14H,1-6H2,(H,10,11)(H,12,13)/p-3. The number of carbonyl (C=O) groups excluding carboxylic acids is 2. The van der Waals surface area contributed by atoms with Crippen molar-refractivity contribution in [3.05, 3.63) is 12.3 Å². The Bertz CT molecular complexity index is 327. The van der Waals surface area contributed by atoms with E-state index in [2.05, 4.69) is 11.5 Å². The van der Waals surface area contributed by atoms with Crippen molar-refractivity contribution in [2.75, 3.05) is 18.5 Å². The number of allylic oxidation sites excluding steroid dienone is 1. The van der Waals surface area contributed by atoms with E-state index in [-0.39, 0.29) is 24.2 Å². The zero-order valence-electron chi connectivity index (χ0n) is 9.05. The number of carboxylic acid groups (broad SMARTS) is 2. The second kappa shape index (κ2) is 7.09. The van der Waals surface area contributed by atoms with Gasteiger partial charge in [-0.3, -0.25) is 0 Å². The van der Waals surface area contributed by atoms with E-state index in [0.717, 1.165) is 0 Å². The van der Waals surface area contributed by atoms with Crippen LogP contribution < -0.4 is 15.5 Å². The predicted molar refractivity (Wildman–Crippen MR) is 51.7 cm³/mol. The van der Waals surface area contributed by atoms with Crippen molar-refractivity contribution in [2.24, 2.45) is 0 Å². The zero-order valence-corrected chi connectivity index (χ0v) is 9.94. The lowest BCUT2D eigenvalue weighted by atomic mass is 10.5. The molecule has 0 spiro atoms. The molecule has 98 valence electrons. The van der Waals surface area contributed by atoms with E-state index in [1.165, 1.54) is 0 Å². The van der Waals surface area contributed by atoms with Gasteiger partial charge in [0.2, 0.25) is 0 Å². The summed E-state index contributed by atoms with van der Waals surface area (Å²) in [5.41, 5.74) is 0. The van der Waals surface area contributed by atoms with E-state index in [9.17, 15) is 29.6 Å². The molecule has 17 heavy (non-hydrogen) atoms. The van der Waals surface area contributed by atoms with Crippen LogP contribution in [0.2, 0.25) is 0 Å². The molecule has 0 saturated carbocycles. The smallest absolute Gasteiger partial charge is 0.0957 e. The molecule has 0 atom stereocenters. The lowest BCUT2D eigenvalue weighted by Crippen LogP contribution is -2.25. The van der Waals surface area contributed by atoms with Crippen molar-refractivity contribution in [1.29, 1.82) is 0 Å². The Balaban J connectivity index is 4.55. The highest BCUT2D eigenvalue weighted by atomic mass is 31.2. The van der Waals surface area contributed by atoms with Crippen LogP contribution in [-0.4, -0.2) is 30.4 Å². The number of carbonyl (C=O) groups is 2. The van der Waals surface area contributed by atoms with E-state index >= 15 is 0 Å². The second-order valence-electron chi connectivity index (χ2n) is 3.53. The molecule has 0 aliphatic heterocycles. The van der Waals surface area contributed by atoms with Crippen molar-refractivity contribution in [2.45, 2.75) is 12.8 Å². The molecule has 0 radical (unpaired) electrons. The Hall–Kier alpha value is -1.33. The molecule has 0 N–H and O–H groups in total. The molecule has 0 aromatic carbocycles. The number of carboxylic acids is 2. The number of hydrogen-bond acceptors (Lipinski definition) is 7. The van der Waals surface area contributed by atoms with Crippen LogP contribution in [0.1, 0.15) is 12.8 Å². The summed E-state index contributed by atoms with van der Waals surface area (Å²) in [5, 5.41) is 30.5. The van der Waals surface area contributed by atoms with Gasteiger partial charge >= 0.3 is 0 Å². The second-order valence-corrected chi connectivity index (χ2v) is 6.86. The van der Waals surface area contributed by atoms with Crippen LogP contribution in [0.3, 0.4) is 0 Å². The van der Waals surface area contributed by atoms with Crippen LogP contribution in [0, 0.1) is 0 Å². The Labute approximate surface area is 98.0 Å². The Morgan fingerprint density at radius 3 is 1.82 bits per heavy atom. The molecular weight excluding hydrogens is 251 g/mol. The van der Waals surface area contributed by atoms with Gasteiger partial charge in [-0.05, 0) is 12.8 Å². The monoisotopic (exact) mass is 263 g/mol. The highest BCUT2D eigenvalue weighted by molar-refractivity contribution is 7.64. The van der Waals surface area contributed by atoms with Crippen LogP contribution >= 0.6 is 7.14 Å². The van der Waals surface area contributed by atoms with E-state index < -0.39 is 31.9 Å². The maximum Gasteiger partial charge on any atom is 0.0957 e. The first kappa shape index (κ1) is 15.7. The summed E-state index contributed by atoms with van der Waals surface area (Å²) in [6.07, 6.45) is -1.81. The quantitative estimate of drug-likeness (QED) is 0.193. The fraction of sp³-hybridized carbons (Fsp3) is 0.556. The Kier molecular flexibility index (Phi) is 6.53. The van der Waals surface area contributed by atoms with Crippen molar-refractivity contribution in [3.8, 4) is 0 Å². The van der Waals surface area contributed by atoms with Crippen molar-refractivity contribution in [1.82, 2.24) is 0 Å². The topological polar surface area (TPSA) is 130 Å². The highest BCUT2D eigenvalue weighted by Crippen LogP contribution is 2.48. The van der Waals surface area contributed by atoms with Crippen molar-refractivity contribution in [3.63, 3.8) is 0 Å². The van der Waals surface area contributed by atoms with Crippen molar-refractivity contribution < 1.29 is 34.5 Å². The minimum atomic E-state index is -3.17. The van der Waals surface area contributed by atoms with E-state index in [1.807, 2.05) is 0 Å². The van der Waals surface area contributed by atoms with Gasteiger partial charge in [0.05, 0.1) is 19.1 Å². The first-order chi connectivity index (χ1) is 7.79. The molecule has 0 bridgehead atoms. The molecule has 0 aliphatic carbocycles.